The third-order valence-electron chi connectivity index (χ3n) is 5.00. The van der Waals surface area contributed by atoms with Crippen molar-refractivity contribution in [2.75, 3.05) is 53.6 Å². The van der Waals surface area contributed by atoms with Gasteiger partial charge in [0.15, 0.2) is 0 Å². The van der Waals surface area contributed by atoms with Crippen molar-refractivity contribution in [1.82, 2.24) is 10.2 Å². The number of nitrogens with one attached hydrogen (secondary N) is 1. The van der Waals surface area contributed by atoms with Crippen molar-refractivity contribution in [2.45, 2.75) is 32.1 Å². The molecule has 0 atom stereocenters. The number of carbonyl (C=O) groups is 1. The van der Waals surface area contributed by atoms with Gasteiger partial charge in [-0.3, -0.25) is 4.79 Å². The van der Waals surface area contributed by atoms with E-state index in [1.807, 2.05) is 11.9 Å². The highest BCUT2D eigenvalue weighted by atomic mass is 35.5. The molecule has 0 spiro atoms. The fourth-order valence-electron chi connectivity index (χ4n) is 3.52. The molecule has 1 N–H and O–H groups in total. The first kappa shape index (κ1) is 19.7. The van der Waals surface area contributed by atoms with Crippen molar-refractivity contribution in [1.29, 1.82) is 0 Å². The second-order valence-corrected chi connectivity index (χ2v) is 6.53. The number of carbonyl (C=O) groups excluding carboxylic acids is 1. The molecule has 2 heterocycles. The van der Waals surface area contributed by atoms with Gasteiger partial charge in [-0.25, -0.2) is 0 Å². The van der Waals surface area contributed by atoms with Gasteiger partial charge in [0.25, 0.3) is 0 Å². The first-order valence-electron chi connectivity index (χ1n) is 8.21. The van der Waals surface area contributed by atoms with E-state index in [0.29, 0.717) is 12.5 Å². The van der Waals surface area contributed by atoms with E-state index in [0.717, 1.165) is 65.0 Å². The molecule has 0 aromatic heterocycles. The van der Waals surface area contributed by atoms with E-state index >= 15 is 0 Å². The van der Waals surface area contributed by atoms with E-state index in [-0.39, 0.29) is 23.7 Å². The van der Waals surface area contributed by atoms with Crippen molar-refractivity contribution in [2.24, 2.45) is 11.3 Å². The van der Waals surface area contributed by atoms with Crippen molar-refractivity contribution in [3.05, 3.63) is 0 Å². The number of hydrogen-bond acceptors (Lipinski definition) is 4. The average Bonchev–Trinajstić information content (AvgIpc) is 2.54. The second-order valence-electron chi connectivity index (χ2n) is 6.53. The molecule has 5 nitrogen and oxygen atoms in total. The zero-order chi connectivity index (χ0) is 15.1. The van der Waals surface area contributed by atoms with Gasteiger partial charge in [-0.15, -0.1) is 12.4 Å². The molecule has 0 saturated carbocycles. The Hall–Kier alpha value is -0.360. The largest absolute Gasteiger partial charge is 0.384 e. The lowest BCUT2D eigenvalue weighted by Crippen LogP contribution is -2.50. The Labute approximate surface area is 140 Å². The minimum atomic E-state index is -0.315. The van der Waals surface area contributed by atoms with Crippen LogP contribution in [0, 0.1) is 11.3 Å². The second kappa shape index (κ2) is 9.71. The molecular formula is C16H31ClN2O3. The van der Waals surface area contributed by atoms with Gasteiger partial charge >= 0.3 is 0 Å². The van der Waals surface area contributed by atoms with Gasteiger partial charge in [0.1, 0.15) is 0 Å². The zero-order valence-electron chi connectivity index (χ0n) is 13.9. The Balaban J connectivity index is 0.00000242. The van der Waals surface area contributed by atoms with E-state index in [1.165, 1.54) is 0 Å². The van der Waals surface area contributed by atoms with E-state index < -0.39 is 0 Å². The topological polar surface area (TPSA) is 50.8 Å². The number of nitrogens with zero attached hydrogens (tertiary/aromatic N) is 1. The minimum absolute atomic E-state index is 0. The quantitative estimate of drug-likeness (QED) is 0.803. The molecular weight excluding hydrogens is 304 g/mol. The molecule has 1 amide bonds. The lowest BCUT2D eigenvalue weighted by Gasteiger charge is -2.38. The molecule has 6 heteroatoms. The smallest absolute Gasteiger partial charge is 0.230 e. The van der Waals surface area contributed by atoms with Gasteiger partial charge in [-0.2, -0.15) is 0 Å². The molecule has 0 unspecified atom stereocenters. The lowest BCUT2D eigenvalue weighted by molar-refractivity contribution is -0.146. The van der Waals surface area contributed by atoms with E-state index in [1.54, 1.807) is 7.11 Å². The molecule has 0 bridgehead atoms. The van der Waals surface area contributed by atoms with Gasteiger partial charge in [0, 0.05) is 33.9 Å². The molecule has 2 fully saturated rings. The highest BCUT2D eigenvalue weighted by molar-refractivity contribution is 5.85. The normalized spacial score (nSPS) is 21.9. The molecule has 2 aliphatic rings. The Morgan fingerprint density at radius 2 is 1.95 bits per heavy atom. The summed E-state index contributed by atoms with van der Waals surface area (Å²) in [5.41, 5.74) is -0.315. The highest BCUT2D eigenvalue weighted by Gasteiger charge is 2.41. The molecule has 0 aliphatic carbocycles. The molecule has 2 saturated heterocycles. The Bertz CT molecular complexity index is 324. The monoisotopic (exact) mass is 334 g/mol. The van der Waals surface area contributed by atoms with Gasteiger partial charge in [-0.05, 0) is 51.1 Å². The summed E-state index contributed by atoms with van der Waals surface area (Å²) in [5.74, 6) is 0.971. The van der Waals surface area contributed by atoms with Gasteiger partial charge in [-0.1, -0.05) is 0 Å². The molecule has 0 aromatic rings. The standard InChI is InChI=1S/C16H30N2O3.ClH/c1-18(10-3-14-4-11-21-12-5-14)15(19)16(13-20-2)6-8-17-9-7-16;/h14,17H,3-13H2,1-2H3;1H. The number of ether oxygens (including phenoxy) is 2. The first-order valence-corrected chi connectivity index (χ1v) is 8.21. The SMILES string of the molecule is COCC1(C(=O)N(C)CCC2CCOCC2)CCNCC1.Cl. The first-order chi connectivity index (χ1) is 10.2. The van der Waals surface area contributed by atoms with E-state index in [4.69, 9.17) is 9.47 Å². The number of hydrogen-bond donors (Lipinski definition) is 1. The molecule has 2 aliphatic heterocycles. The maximum absolute atomic E-state index is 12.9. The van der Waals surface area contributed by atoms with Crippen LogP contribution >= 0.6 is 12.4 Å². The van der Waals surface area contributed by atoms with Crippen molar-refractivity contribution in [3.8, 4) is 0 Å². The van der Waals surface area contributed by atoms with Crippen LogP contribution in [0.1, 0.15) is 32.1 Å². The number of amides is 1. The van der Waals surface area contributed by atoms with Crippen LogP contribution in [0.3, 0.4) is 0 Å². The predicted octanol–water partition coefficient (Wildman–Crippen LogP) is 1.70. The summed E-state index contributed by atoms with van der Waals surface area (Å²) >= 11 is 0. The summed E-state index contributed by atoms with van der Waals surface area (Å²) in [6.45, 7) is 4.95. The summed E-state index contributed by atoms with van der Waals surface area (Å²) in [6, 6.07) is 0. The molecule has 2 rings (SSSR count). The summed E-state index contributed by atoms with van der Waals surface area (Å²) in [5, 5.41) is 3.34. The Morgan fingerprint density at radius 1 is 1.32 bits per heavy atom. The fraction of sp³-hybridized carbons (Fsp3) is 0.938. The van der Waals surface area contributed by atoms with Crippen LogP contribution in [0.25, 0.3) is 0 Å². The molecule has 130 valence electrons. The summed E-state index contributed by atoms with van der Waals surface area (Å²) in [7, 11) is 3.64. The van der Waals surface area contributed by atoms with Crippen LogP contribution in [0.15, 0.2) is 0 Å². The average molecular weight is 335 g/mol. The van der Waals surface area contributed by atoms with E-state index in [2.05, 4.69) is 5.32 Å². The van der Waals surface area contributed by atoms with E-state index in [9.17, 15) is 4.79 Å². The number of methoxy groups -OCH3 is 1. The summed E-state index contributed by atoms with van der Waals surface area (Å²) in [6.07, 6.45) is 5.11. The molecule has 0 radical (unpaired) electrons. The highest BCUT2D eigenvalue weighted by Crippen LogP contribution is 2.31. The number of halogens is 1. The fourth-order valence-corrected chi connectivity index (χ4v) is 3.52. The maximum Gasteiger partial charge on any atom is 0.230 e. The zero-order valence-corrected chi connectivity index (χ0v) is 14.8. The van der Waals surface area contributed by atoms with Crippen LogP contribution in [0.4, 0.5) is 0 Å². The molecule has 0 aromatic carbocycles. The van der Waals surface area contributed by atoms with Gasteiger partial charge < -0.3 is 19.7 Å². The van der Waals surface area contributed by atoms with Crippen LogP contribution in [-0.2, 0) is 14.3 Å². The van der Waals surface area contributed by atoms with Crippen molar-refractivity contribution < 1.29 is 14.3 Å². The predicted molar refractivity (Wildman–Crippen MR) is 89.5 cm³/mol. The van der Waals surface area contributed by atoms with Crippen LogP contribution in [0.2, 0.25) is 0 Å². The summed E-state index contributed by atoms with van der Waals surface area (Å²) < 4.78 is 10.8. The van der Waals surface area contributed by atoms with Gasteiger partial charge in [0.05, 0.1) is 12.0 Å². The number of piperidine rings is 1. The van der Waals surface area contributed by atoms with Crippen LogP contribution in [-0.4, -0.2) is 64.4 Å². The third-order valence-corrected chi connectivity index (χ3v) is 5.00. The van der Waals surface area contributed by atoms with Gasteiger partial charge in [0.2, 0.25) is 5.91 Å². The van der Waals surface area contributed by atoms with Crippen LogP contribution < -0.4 is 5.32 Å². The van der Waals surface area contributed by atoms with Crippen molar-refractivity contribution >= 4 is 18.3 Å². The maximum atomic E-state index is 12.9. The lowest BCUT2D eigenvalue weighted by atomic mass is 9.78. The summed E-state index contributed by atoms with van der Waals surface area (Å²) in [4.78, 5) is 14.8. The Kier molecular flexibility index (Phi) is 8.69. The van der Waals surface area contributed by atoms with Crippen LogP contribution in [0.5, 0.6) is 0 Å². The molecule has 22 heavy (non-hydrogen) atoms. The third kappa shape index (κ3) is 5.08. The van der Waals surface area contributed by atoms with Crippen molar-refractivity contribution in [3.63, 3.8) is 0 Å². The minimum Gasteiger partial charge on any atom is -0.384 e. The number of rotatable bonds is 6. The Morgan fingerprint density at radius 3 is 2.55 bits per heavy atom.